The Bertz CT molecular complexity index is 400. The summed E-state index contributed by atoms with van der Waals surface area (Å²) < 4.78 is 7.43. The highest BCUT2D eigenvalue weighted by molar-refractivity contribution is 5.96. The van der Waals surface area contributed by atoms with Crippen LogP contribution in [0, 0.1) is 0 Å². The molecule has 1 aromatic rings. The molecule has 1 aliphatic rings. The summed E-state index contributed by atoms with van der Waals surface area (Å²) in [6.45, 7) is 6.17. The number of rotatable bonds is 3. The van der Waals surface area contributed by atoms with Gasteiger partial charge in [-0.2, -0.15) is 0 Å². The summed E-state index contributed by atoms with van der Waals surface area (Å²) >= 11 is 0. The zero-order valence-electron chi connectivity index (χ0n) is 10.7. The largest absolute Gasteiger partial charge is 0.376 e. The van der Waals surface area contributed by atoms with Crippen molar-refractivity contribution in [3.63, 3.8) is 0 Å². The first-order chi connectivity index (χ1) is 8.08. The predicted octanol–water partition coefficient (Wildman–Crippen LogP) is 1.32. The second-order valence-corrected chi connectivity index (χ2v) is 4.85. The Morgan fingerprint density at radius 1 is 1.53 bits per heavy atom. The number of nitrogens with zero attached hydrogens (tertiary/aromatic N) is 2. The third-order valence-electron chi connectivity index (χ3n) is 3.31. The lowest BCUT2D eigenvalue weighted by Gasteiger charge is -2.36. The van der Waals surface area contributed by atoms with Crippen molar-refractivity contribution in [2.24, 2.45) is 7.05 Å². The standard InChI is InChI=1S/C13H20N2O2/c1-10-9-17-11(2)7-15(10)8-13(16)12-5-4-6-14(12)3/h4-6,10-11H,7-9H2,1-3H3. The fourth-order valence-electron chi connectivity index (χ4n) is 2.21. The third kappa shape index (κ3) is 2.76. The molecule has 2 heterocycles. The van der Waals surface area contributed by atoms with E-state index in [1.54, 1.807) is 0 Å². The van der Waals surface area contributed by atoms with Gasteiger partial charge in [0.05, 0.1) is 24.9 Å². The Hall–Kier alpha value is -1.13. The first-order valence-corrected chi connectivity index (χ1v) is 6.08. The highest BCUT2D eigenvalue weighted by Gasteiger charge is 2.25. The van der Waals surface area contributed by atoms with Gasteiger partial charge in [-0.1, -0.05) is 0 Å². The smallest absolute Gasteiger partial charge is 0.193 e. The van der Waals surface area contributed by atoms with E-state index in [4.69, 9.17) is 4.74 Å². The van der Waals surface area contributed by atoms with E-state index in [-0.39, 0.29) is 11.9 Å². The summed E-state index contributed by atoms with van der Waals surface area (Å²) in [5, 5.41) is 0. The molecular formula is C13H20N2O2. The molecule has 1 fully saturated rings. The summed E-state index contributed by atoms with van der Waals surface area (Å²) in [7, 11) is 1.90. The quantitative estimate of drug-likeness (QED) is 0.742. The fourth-order valence-corrected chi connectivity index (χ4v) is 2.21. The van der Waals surface area contributed by atoms with Crippen molar-refractivity contribution in [2.75, 3.05) is 19.7 Å². The van der Waals surface area contributed by atoms with Crippen LogP contribution >= 0.6 is 0 Å². The lowest BCUT2D eigenvalue weighted by molar-refractivity contribution is -0.0460. The number of Topliss-reactive ketones (excluding diaryl/α,β-unsaturated/α-hetero) is 1. The zero-order valence-corrected chi connectivity index (χ0v) is 10.7. The van der Waals surface area contributed by atoms with E-state index in [0.717, 1.165) is 12.2 Å². The number of hydrogen-bond acceptors (Lipinski definition) is 3. The summed E-state index contributed by atoms with van der Waals surface area (Å²) in [5.74, 6) is 0.179. The molecule has 0 aromatic carbocycles. The SMILES string of the molecule is CC1CN(CC(=O)c2cccn2C)C(C)CO1. The van der Waals surface area contributed by atoms with Crippen molar-refractivity contribution in [3.8, 4) is 0 Å². The van der Waals surface area contributed by atoms with Gasteiger partial charge in [-0.25, -0.2) is 0 Å². The molecule has 1 aromatic heterocycles. The number of aryl methyl sites for hydroxylation is 1. The lowest BCUT2D eigenvalue weighted by atomic mass is 10.1. The maximum absolute atomic E-state index is 12.1. The summed E-state index contributed by atoms with van der Waals surface area (Å²) in [5.41, 5.74) is 0.774. The van der Waals surface area contributed by atoms with Crippen LogP contribution in [-0.2, 0) is 11.8 Å². The minimum Gasteiger partial charge on any atom is -0.376 e. The number of ketones is 1. The highest BCUT2D eigenvalue weighted by Crippen LogP contribution is 2.12. The van der Waals surface area contributed by atoms with Gasteiger partial charge in [0, 0.05) is 25.8 Å². The number of hydrogen-bond donors (Lipinski definition) is 0. The van der Waals surface area contributed by atoms with Crippen molar-refractivity contribution in [1.29, 1.82) is 0 Å². The van der Waals surface area contributed by atoms with Crippen molar-refractivity contribution in [2.45, 2.75) is 26.0 Å². The molecule has 0 bridgehead atoms. The topological polar surface area (TPSA) is 34.5 Å². The van der Waals surface area contributed by atoms with Crippen LogP contribution in [0.1, 0.15) is 24.3 Å². The van der Waals surface area contributed by atoms with Gasteiger partial charge >= 0.3 is 0 Å². The summed E-state index contributed by atoms with van der Waals surface area (Å²) in [6.07, 6.45) is 2.12. The molecule has 0 radical (unpaired) electrons. The fraction of sp³-hybridized carbons (Fsp3) is 0.615. The summed E-state index contributed by atoms with van der Waals surface area (Å²) in [4.78, 5) is 14.3. The van der Waals surface area contributed by atoms with E-state index < -0.39 is 0 Å². The maximum atomic E-state index is 12.1. The number of ether oxygens (including phenoxy) is 1. The Morgan fingerprint density at radius 2 is 2.29 bits per heavy atom. The molecule has 2 rings (SSSR count). The molecule has 1 saturated heterocycles. The number of aromatic nitrogens is 1. The molecule has 2 unspecified atom stereocenters. The molecule has 0 saturated carbocycles. The molecule has 2 atom stereocenters. The minimum atomic E-state index is 0.179. The van der Waals surface area contributed by atoms with Gasteiger partial charge in [0.25, 0.3) is 0 Å². The van der Waals surface area contributed by atoms with Crippen LogP contribution in [-0.4, -0.2) is 47.1 Å². The van der Waals surface area contributed by atoms with Gasteiger partial charge in [-0.15, -0.1) is 0 Å². The average molecular weight is 236 g/mol. The predicted molar refractivity (Wildman–Crippen MR) is 66.2 cm³/mol. The number of carbonyl (C=O) groups excluding carboxylic acids is 1. The van der Waals surface area contributed by atoms with E-state index in [1.807, 2.05) is 36.9 Å². The lowest BCUT2D eigenvalue weighted by Crippen LogP contribution is -2.49. The van der Waals surface area contributed by atoms with Crippen molar-refractivity contribution < 1.29 is 9.53 Å². The van der Waals surface area contributed by atoms with E-state index >= 15 is 0 Å². The van der Waals surface area contributed by atoms with Gasteiger partial charge in [-0.05, 0) is 26.0 Å². The Morgan fingerprint density at radius 3 is 2.94 bits per heavy atom. The molecule has 0 N–H and O–H groups in total. The van der Waals surface area contributed by atoms with Crippen LogP contribution in [0.2, 0.25) is 0 Å². The molecular weight excluding hydrogens is 216 g/mol. The monoisotopic (exact) mass is 236 g/mol. The van der Waals surface area contributed by atoms with Gasteiger partial charge in [0.15, 0.2) is 5.78 Å². The van der Waals surface area contributed by atoms with E-state index in [2.05, 4.69) is 11.8 Å². The van der Waals surface area contributed by atoms with Crippen LogP contribution in [0.5, 0.6) is 0 Å². The summed E-state index contributed by atoms with van der Waals surface area (Å²) in [6, 6.07) is 4.09. The molecule has 94 valence electrons. The zero-order chi connectivity index (χ0) is 12.4. The average Bonchev–Trinajstić information content (AvgIpc) is 2.70. The minimum absolute atomic E-state index is 0.179. The van der Waals surface area contributed by atoms with E-state index in [1.165, 1.54) is 0 Å². The Kier molecular flexibility index (Phi) is 3.64. The molecule has 4 heteroatoms. The second-order valence-electron chi connectivity index (χ2n) is 4.85. The Labute approximate surface area is 102 Å². The van der Waals surface area contributed by atoms with Gasteiger partial charge < -0.3 is 9.30 Å². The molecule has 17 heavy (non-hydrogen) atoms. The van der Waals surface area contributed by atoms with Crippen LogP contribution in [0.15, 0.2) is 18.3 Å². The maximum Gasteiger partial charge on any atom is 0.193 e. The third-order valence-corrected chi connectivity index (χ3v) is 3.31. The molecule has 0 aliphatic carbocycles. The van der Waals surface area contributed by atoms with E-state index in [0.29, 0.717) is 19.2 Å². The number of morpholine rings is 1. The van der Waals surface area contributed by atoms with E-state index in [9.17, 15) is 4.79 Å². The van der Waals surface area contributed by atoms with Crippen LogP contribution in [0.3, 0.4) is 0 Å². The Balaban J connectivity index is 2.01. The van der Waals surface area contributed by atoms with Crippen LogP contribution in [0.4, 0.5) is 0 Å². The van der Waals surface area contributed by atoms with Crippen molar-refractivity contribution >= 4 is 5.78 Å². The number of carbonyl (C=O) groups is 1. The highest BCUT2D eigenvalue weighted by atomic mass is 16.5. The van der Waals surface area contributed by atoms with Crippen molar-refractivity contribution in [3.05, 3.63) is 24.0 Å². The van der Waals surface area contributed by atoms with Gasteiger partial charge in [0.1, 0.15) is 0 Å². The van der Waals surface area contributed by atoms with Gasteiger partial charge in [0.2, 0.25) is 0 Å². The molecule has 0 amide bonds. The van der Waals surface area contributed by atoms with Gasteiger partial charge in [-0.3, -0.25) is 9.69 Å². The van der Waals surface area contributed by atoms with Crippen LogP contribution in [0.25, 0.3) is 0 Å². The normalized spacial score (nSPS) is 26.1. The first kappa shape index (κ1) is 12.3. The van der Waals surface area contributed by atoms with Crippen LogP contribution < -0.4 is 0 Å². The van der Waals surface area contributed by atoms with Crippen molar-refractivity contribution in [1.82, 2.24) is 9.47 Å². The molecule has 1 aliphatic heterocycles. The molecule has 0 spiro atoms. The first-order valence-electron chi connectivity index (χ1n) is 6.08. The second kappa shape index (κ2) is 5.02. The molecule has 4 nitrogen and oxygen atoms in total.